The first-order valence-electron chi connectivity index (χ1n) is 6.03. The molecule has 0 aliphatic carbocycles. The number of benzene rings is 1. The first-order valence-corrected chi connectivity index (χ1v) is 6.03. The molecule has 0 unspecified atom stereocenters. The van der Waals surface area contributed by atoms with Gasteiger partial charge in [0.05, 0.1) is 5.41 Å². The second-order valence-corrected chi connectivity index (χ2v) is 4.88. The van der Waals surface area contributed by atoms with Gasteiger partial charge in [-0.1, -0.05) is 30.3 Å². The number of hydrogen-bond acceptors (Lipinski definition) is 2. The molecule has 2 N–H and O–H groups in total. The maximum absolute atomic E-state index is 11.5. The average molecular weight is 234 g/mol. The Morgan fingerprint density at radius 2 is 1.88 bits per heavy atom. The third-order valence-corrected chi connectivity index (χ3v) is 2.84. The Morgan fingerprint density at radius 1 is 1.24 bits per heavy atom. The van der Waals surface area contributed by atoms with Gasteiger partial charge in [-0.3, -0.25) is 4.79 Å². The van der Waals surface area contributed by atoms with Crippen molar-refractivity contribution < 1.29 is 4.79 Å². The lowest BCUT2D eigenvalue weighted by molar-refractivity contribution is -0.128. The Morgan fingerprint density at radius 3 is 2.47 bits per heavy atom. The molecular formula is C14H22N2O. The van der Waals surface area contributed by atoms with Crippen LogP contribution in [0, 0.1) is 5.41 Å². The SMILES string of the molecule is CNC(=O)C(C)(C)CNCCc1ccccc1. The lowest BCUT2D eigenvalue weighted by Gasteiger charge is -2.22. The minimum absolute atomic E-state index is 0.0738. The maximum Gasteiger partial charge on any atom is 0.226 e. The van der Waals surface area contributed by atoms with Crippen LogP contribution in [0.5, 0.6) is 0 Å². The first kappa shape index (κ1) is 13.7. The van der Waals surface area contributed by atoms with E-state index in [1.54, 1.807) is 7.05 Å². The molecule has 1 rings (SSSR count). The number of carbonyl (C=O) groups excluding carboxylic acids is 1. The molecule has 0 spiro atoms. The zero-order valence-electron chi connectivity index (χ0n) is 10.9. The largest absolute Gasteiger partial charge is 0.359 e. The second kappa shape index (κ2) is 6.40. The quantitative estimate of drug-likeness (QED) is 0.734. The molecule has 1 amide bonds. The molecule has 17 heavy (non-hydrogen) atoms. The van der Waals surface area contributed by atoms with E-state index < -0.39 is 0 Å². The minimum Gasteiger partial charge on any atom is -0.359 e. The van der Waals surface area contributed by atoms with Crippen molar-refractivity contribution in [2.24, 2.45) is 5.41 Å². The van der Waals surface area contributed by atoms with Crippen LogP contribution >= 0.6 is 0 Å². The molecule has 0 aromatic heterocycles. The molecule has 0 aliphatic rings. The molecule has 0 heterocycles. The Hall–Kier alpha value is -1.35. The summed E-state index contributed by atoms with van der Waals surface area (Å²) in [6.07, 6.45) is 0.991. The molecule has 0 atom stereocenters. The molecule has 94 valence electrons. The van der Waals surface area contributed by atoms with Crippen LogP contribution in [0.15, 0.2) is 30.3 Å². The van der Waals surface area contributed by atoms with Crippen LogP contribution in [0.2, 0.25) is 0 Å². The molecule has 0 radical (unpaired) electrons. The summed E-state index contributed by atoms with van der Waals surface area (Å²) in [5, 5.41) is 6.01. The smallest absolute Gasteiger partial charge is 0.226 e. The normalized spacial score (nSPS) is 11.2. The first-order chi connectivity index (χ1) is 8.06. The van der Waals surface area contributed by atoms with Gasteiger partial charge in [0.2, 0.25) is 5.91 Å². The van der Waals surface area contributed by atoms with E-state index in [-0.39, 0.29) is 11.3 Å². The third-order valence-electron chi connectivity index (χ3n) is 2.84. The fourth-order valence-corrected chi connectivity index (χ4v) is 1.70. The summed E-state index contributed by atoms with van der Waals surface area (Å²) in [6, 6.07) is 10.3. The summed E-state index contributed by atoms with van der Waals surface area (Å²) in [7, 11) is 1.67. The van der Waals surface area contributed by atoms with Gasteiger partial charge in [0.1, 0.15) is 0 Å². The summed E-state index contributed by atoms with van der Waals surface area (Å²) in [5.74, 6) is 0.0738. The third kappa shape index (κ3) is 4.57. The number of amides is 1. The van der Waals surface area contributed by atoms with Crippen LogP contribution in [-0.4, -0.2) is 26.0 Å². The van der Waals surface area contributed by atoms with Crippen LogP contribution < -0.4 is 10.6 Å². The van der Waals surface area contributed by atoms with Crippen molar-refractivity contribution in [2.45, 2.75) is 20.3 Å². The van der Waals surface area contributed by atoms with E-state index in [1.165, 1.54) is 5.56 Å². The Labute approximate surface area is 104 Å². The van der Waals surface area contributed by atoms with E-state index in [1.807, 2.05) is 32.0 Å². The zero-order valence-corrected chi connectivity index (χ0v) is 10.9. The van der Waals surface area contributed by atoms with Crippen LogP contribution in [0.1, 0.15) is 19.4 Å². The summed E-state index contributed by atoms with van der Waals surface area (Å²) < 4.78 is 0. The van der Waals surface area contributed by atoms with Gasteiger partial charge >= 0.3 is 0 Å². The Balaban J connectivity index is 2.27. The lowest BCUT2D eigenvalue weighted by Crippen LogP contribution is -2.42. The van der Waals surface area contributed by atoms with Crippen molar-refractivity contribution >= 4 is 5.91 Å². The highest BCUT2D eigenvalue weighted by Gasteiger charge is 2.25. The van der Waals surface area contributed by atoms with E-state index in [4.69, 9.17) is 0 Å². The second-order valence-electron chi connectivity index (χ2n) is 4.88. The molecule has 3 nitrogen and oxygen atoms in total. The van der Waals surface area contributed by atoms with Crippen molar-refractivity contribution in [3.8, 4) is 0 Å². The number of carbonyl (C=O) groups is 1. The Bertz CT molecular complexity index is 346. The van der Waals surface area contributed by atoms with Gasteiger partial charge in [0.25, 0.3) is 0 Å². The van der Waals surface area contributed by atoms with Crippen molar-refractivity contribution in [1.29, 1.82) is 0 Å². The topological polar surface area (TPSA) is 41.1 Å². The fraction of sp³-hybridized carbons (Fsp3) is 0.500. The summed E-state index contributed by atoms with van der Waals surface area (Å²) >= 11 is 0. The van der Waals surface area contributed by atoms with E-state index >= 15 is 0 Å². The van der Waals surface area contributed by atoms with Gasteiger partial charge in [-0.25, -0.2) is 0 Å². The molecule has 3 heteroatoms. The van der Waals surface area contributed by atoms with Gasteiger partial charge in [0, 0.05) is 13.6 Å². The van der Waals surface area contributed by atoms with Gasteiger partial charge in [0.15, 0.2) is 0 Å². The van der Waals surface area contributed by atoms with E-state index in [2.05, 4.69) is 22.8 Å². The highest BCUT2D eigenvalue weighted by molar-refractivity contribution is 5.81. The van der Waals surface area contributed by atoms with Crippen molar-refractivity contribution in [3.63, 3.8) is 0 Å². The predicted molar refractivity (Wildman–Crippen MR) is 70.9 cm³/mol. The van der Waals surface area contributed by atoms with Crippen molar-refractivity contribution in [3.05, 3.63) is 35.9 Å². The summed E-state index contributed by atoms with van der Waals surface area (Å²) in [5.41, 5.74) is 0.962. The van der Waals surface area contributed by atoms with Gasteiger partial charge in [-0.05, 0) is 32.4 Å². The molecule has 0 fully saturated rings. The molecule has 0 saturated carbocycles. The van der Waals surface area contributed by atoms with Crippen molar-refractivity contribution in [1.82, 2.24) is 10.6 Å². The molecule has 1 aromatic rings. The lowest BCUT2D eigenvalue weighted by atomic mass is 9.92. The Kier molecular flexibility index (Phi) is 5.16. The van der Waals surface area contributed by atoms with E-state index in [0.29, 0.717) is 6.54 Å². The monoisotopic (exact) mass is 234 g/mol. The van der Waals surface area contributed by atoms with Gasteiger partial charge in [-0.2, -0.15) is 0 Å². The van der Waals surface area contributed by atoms with Crippen LogP contribution in [-0.2, 0) is 11.2 Å². The maximum atomic E-state index is 11.5. The predicted octanol–water partition coefficient (Wildman–Crippen LogP) is 1.59. The minimum atomic E-state index is -0.356. The number of nitrogens with one attached hydrogen (secondary N) is 2. The standard InChI is InChI=1S/C14H22N2O/c1-14(2,13(17)15-3)11-16-10-9-12-7-5-4-6-8-12/h4-8,16H,9-11H2,1-3H3,(H,15,17). The van der Waals surface area contributed by atoms with Crippen LogP contribution in [0.25, 0.3) is 0 Å². The van der Waals surface area contributed by atoms with E-state index in [0.717, 1.165) is 13.0 Å². The highest BCUT2D eigenvalue weighted by atomic mass is 16.2. The molecule has 1 aromatic carbocycles. The van der Waals surface area contributed by atoms with Gasteiger partial charge in [-0.15, -0.1) is 0 Å². The number of hydrogen-bond donors (Lipinski definition) is 2. The van der Waals surface area contributed by atoms with E-state index in [9.17, 15) is 4.79 Å². The molecular weight excluding hydrogens is 212 g/mol. The molecule has 0 saturated heterocycles. The average Bonchev–Trinajstić information content (AvgIpc) is 2.35. The molecule has 0 bridgehead atoms. The fourth-order valence-electron chi connectivity index (χ4n) is 1.70. The zero-order chi connectivity index (χ0) is 12.7. The summed E-state index contributed by atoms with van der Waals surface area (Å²) in [4.78, 5) is 11.5. The van der Waals surface area contributed by atoms with Crippen LogP contribution in [0.4, 0.5) is 0 Å². The summed E-state index contributed by atoms with van der Waals surface area (Å²) in [6.45, 7) is 5.48. The highest BCUT2D eigenvalue weighted by Crippen LogP contribution is 2.12. The van der Waals surface area contributed by atoms with Gasteiger partial charge < -0.3 is 10.6 Å². The molecule has 0 aliphatic heterocycles. The van der Waals surface area contributed by atoms with Crippen molar-refractivity contribution in [2.75, 3.05) is 20.1 Å². The number of rotatable bonds is 6. The van der Waals surface area contributed by atoms with Crippen LogP contribution in [0.3, 0.4) is 0 Å².